The number of rotatable bonds is 4. The Balaban J connectivity index is 1.83. The number of fused-ring (bicyclic) bond motifs is 1. The number of aliphatic hydroxyl groups excluding tert-OH is 1. The van der Waals surface area contributed by atoms with Crippen LogP contribution in [0.15, 0.2) is 0 Å². The summed E-state index contributed by atoms with van der Waals surface area (Å²) in [6.45, 7) is 1.57. The van der Waals surface area contributed by atoms with Gasteiger partial charge in [-0.05, 0) is 31.7 Å². The third kappa shape index (κ3) is 2.74. The molecule has 0 aromatic heterocycles. The topological polar surface area (TPSA) is 60.8 Å². The zero-order valence-corrected chi connectivity index (χ0v) is 9.64. The summed E-state index contributed by atoms with van der Waals surface area (Å²) in [6, 6.07) is 0.609. The van der Waals surface area contributed by atoms with Crippen LogP contribution >= 0.6 is 0 Å². The quantitative estimate of drug-likeness (QED) is 0.754. The number of carboxylic acid groups (broad SMARTS) is 1. The van der Waals surface area contributed by atoms with E-state index in [0.29, 0.717) is 12.6 Å². The van der Waals surface area contributed by atoms with E-state index in [0.717, 1.165) is 12.5 Å². The van der Waals surface area contributed by atoms with Crippen molar-refractivity contribution in [1.29, 1.82) is 0 Å². The van der Waals surface area contributed by atoms with E-state index in [1.54, 1.807) is 0 Å². The third-order valence-electron chi connectivity index (χ3n) is 3.98. The average Bonchev–Trinajstić information content (AvgIpc) is 2.61. The standard InChI is InChI=1S/C12H21NO3/c14-10(7-12(15)16)8-13-6-5-9-3-1-2-4-11(9)13/h9-11,14H,1-8H2,(H,15,16). The molecule has 0 bridgehead atoms. The highest BCUT2D eigenvalue weighted by Crippen LogP contribution is 2.36. The number of nitrogens with zero attached hydrogens (tertiary/aromatic N) is 1. The second-order valence-electron chi connectivity index (χ2n) is 5.15. The van der Waals surface area contributed by atoms with Crippen molar-refractivity contribution in [1.82, 2.24) is 4.90 Å². The normalized spacial score (nSPS) is 32.3. The molecular weight excluding hydrogens is 206 g/mol. The minimum Gasteiger partial charge on any atom is -0.481 e. The number of carbonyl (C=O) groups is 1. The van der Waals surface area contributed by atoms with Crippen LogP contribution < -0.4 is 0 Å². The second-order valence-corrected chi connectivity index (χ2v) is 5.15. The van der Waals surface area contributed by atoms with Gasteiger partial charge in [-0.25, -0.2) is 0 Å². The Morgan fingerprint density at radius 2 is 2.06 bits per heavy atom. The fraction of sp³-hybridized carbons (Fsp3) is 0.917. The Kier molecular flexibility index (Phi) is 3.82. The van der Waals surface area contributed by atoms with Crippen molar-refractivity contribution in [3.63, 3.8) is 0 Å². The van der Waals surface area contributed by atoms with Gasteiger partial charge < -0.3 is 10.2 Å². The van der Waals surface area contributed by atoms with E-state index < -0.39 is 12.1 Å². The molecule has 2 rings (SSSR count). The van der Waals surface area contributed by atoms with Gasteiger partial charge in [0.25, 0.3) is 0 Å². The maximum atomic E-state index is 10.5. The van der Waals surface area contributed by atoms with Gasteiger partial charge in [-0.15, -0.1) is 0 Å². The van der Waals surface area contributed by atoms with Crippen molar-refractivity contribution >= 4 is 5.97 Å². The van der Waals surface area contributed by atoms with Gasteiger partial charge in [0.15, 0.2) is 0 Å². The molecule has 0 spiro atoms. The summed E-state index contributed by atoms with van der Waals surface area (Å²) in [5.41, 5.74) is 0. The highest BCUT2D eigenvalue weighted by Gasteiger charge is 2.36. The SMILES string of the molecule is O=C(O)CC(O)CN1CCC2CCCCC21. The Morgan fingerprint density at radius 1 is 1.31 bits per heavy atom. The molecule has 1 aliphatic heterocycles. The van der Waals surface area contributed by atoms with E-state index in [-0.39, 0.29) is 6.42 Å². The summed E-state index contributed by atoms with van der Waals surface area (Å²) in [7, 11) is 0. The molecule has 16 heavy (non-hydrogen) atoms. The van der Waals surface area contributed by atoms with E-state index in [4.69, 9.17) is 5.11 Å². The first-order chi connectivity index (χ1) is 7.66. The molecule has 1 saturated carbocycles. The molecule has 4 nitrogen and oxygen atoms in total. The van der Waals surface area contributed by atoms with Crippen LogP contribution in [0.2, 0.25) is 0 Å². The number of likely N-dealkylation sites (tertiary alicyclic amines) is 1. The van der Waals surface area contributed by atoms with Gasteiger partial charge in [0.05, 0.1) is 12.5 Å². The predicted molar refractivity (Wildman–Crippen MR) is 60.2 cm³/mol. The molecular formula is C12H21NO3. The molecule has 4 heteroatoms. The van der Waals surface area contributed by atoms with E-state index >= 15 is 0 Å². The molecule has 2 fully saturated rings. The minimum absolute atomic E-state index is 0.131. The van der Waals surface area contributed by atoms with Gasteiger partial charge in [-0.3, -0.25) is 9.69 Å². The average molecular weight is 227 g/mol. The summed E-state index contributed by atoms with van der Waals surface area (Å²) in [6.07, 6.45) is 5.55. The molecule has 1 saturated heterocycles. The molecule has 1 aliphatic carbocycles. The first kappa shape index (κ1) is 11.9. The van der Waals surface area contributed by atoms with E-state index in [2.05, 4.69) is 4.90 Å². The van der Waals surface area contributed by atoms with E-state index in [1.807, 2.05) is 0 Å². The number of aliphatic carboxylic acids is 1. The van der Waals surface area contributed by atoms with Crippen molar-refractivity contribution in [2.75, 3.05) is 13.1 Å². The fourth-order valence-corrected chi connectivity index (χ4v) is 3.27. The summed E-state index contributed by atoms with van der Waals surface area (Å²) in [5, 5.41) is 18.3. The zero-order chi connectivity index (χ0) is 11.5. The highest BCUT2D eigenvalue weighted by atomic mass is 16.4. The number of aliphatic hydroxyl groups is 1. The van der Waals surface area contributed by atoms with Crippen LogP contribution in [0.1, 0.15) is 38.5 Å². The monoisotopic (exact) mass is 227 g/mol. The van der Waals surface area contributed by atoms with Crippen LogP contribution in [0.4, 0.5) is 0 Å². The summed E-state index contributed by atoms with van der Waals surface area (Å²) >= 11 is 0. The lowest BCUT2D eigenvalue weighted by Gasteiger charge is -2.32. The third-order valence-corrected chi connectivity index (χ3v) is 3.98. The molecule has 2 aliphatic rings. The van der Waals surface area contributed by atoms with Crippen LogP contribution in [0.5, 0.6) is 0 Å². The highest BCUT2D eigenvalue weighted by molar-refractivity contribution is 5.67. The van der Waals surface area contributed by atoms with Crippen molar-refractivity contribution in [2.24, 2.45) is 5.92 Å². The second kappa shape index (κ2) is 5.15. The van der Waals surface area contributed by atoms with Gasteiger partial charge >= 0.3 is 5.97 Å². The maximum absolute atomic E-state index is 10.5. The molecule has 0 aromatic rings. The van der Waals surface area contributed by atoms with E-state index in [1.165, 1.54) is 32.1 Å². The maximum Gasteiger partial charge on any atom is 0.306 e. The lowest BCUT2D eigenvalue weighted by atomic mass is 9.85. The molecule has 3 atom stereocenters. The Bertz CT molecular complexity index is 257. The molecule has 0 radical (unpaired) electrons. The van der Waals surface area contributed by atoms with Crippen molar-refractivity contribution in [2.45, 2.75) is 50.7 Å². The summed E-state index contributed by atoms with van der Waals surface area (Å²) < 4.78 is 0. The smallest absolute Gasteiger partial charge is 0.306 e. The number of hydrogen-bond acceptors (Lipinski definition) is 3. The first-order valence-electron chi connectivity index (χ1n) is 6.30. The Hall–Kier alpha value is -0.610. The number of hydrogen-bond donors (Lipinski definition) is 2. The predicted octanol–water partition coefficient (Wildman–Crippen LogP) is 1.09. The fourth-order valence-electron chi connectivity index (χ4n) is 3.27. The Labute approximate surface area is 96.3 Å². The van der Waals surface area contributed by atoms with Crippen LogP contribution in [0.3, 0.4) is 0 Å². The van der Waals surface area contributed by atoms with Crippen LogP contribution in [-0.2, 0) is 4.79 Å². The molecule has 1 heterocycles. The summed E-state index contributed by atoms with van der Waals surface area (Å²) in [5.74, 6) is -0.113. The van der Waals surface area contributed by atoms with Gasteiger partial charge in [0, 0.05) is 12.6 Å². The molecule has 2 N–H and O–H groups in total. The molecule has 0 aromatic carbocycles. The van der Waals surface area contributed by atoms with Gasteiger partial charge in [0.1, 0.15) is 0 Å². The van der Waals surface area contributed by atoms with Crippen LogP contribution in [-0.4, -0.2) is 46.3 Å². The Morgan fingerprint density at radius 3 is 2.81 bits per heavy atom. The van der Waals surface area contributed by atoms with Gasteiger partial charge in [-0.2, -0.15) is 0 Å². The zero-order valence-electron chi connectivity index (χ0n) is 9.64. The first-order valence-corrected chi connectivity index (χ1v) is 6.30. The molecule has 0 amide bonds. The van der Waals surface area contributed by atoms with E-state index in [9.17, 15) is 9.90 Å². The van der Waals surface area contributed by atoms with Crippen LogP contribution in [0, 0.1) is 5.92 Å². The molecule has 3 unspecified atom stereocenters. The summed E-state index contributed by atoms with van der Waals surface area (Å²) in [4.78, 5) is 12.8. The van der Waals surface area contributed by atoms with Gasteiger partial charge in [-0.1, -0.05) is 12.8 Å². The number of β-amino-alcohol motifs (C(OH)–C–C–N with tert-alkyl or cyclic N) is 1. The lowest BCUT2D eigenvalue weighted by molar-refractivity contribution is -0.139. The van der Waals surface area contributed by atoms with Crippen molar-refractivity contribution in [3.8, 4) is 0 Å². The minimum atomic E-state index is -0.910. The largest absolute Gasteiger partial charge is 0.481 e. The molecule has 92 valence electrons. The van der Waals surface area contributed by atoms with Crippen LogP contribution in [0.25, 0.3) is 0 Å². The number of carboxylic acids is 1. The van der Waals surface area contributed by atoms with Gasteiger partial charge in [0.2, 0.25) is 0 Å². The van der Waals surface area contributed by atoms with Crippen molar-refractivity contribution < 1.29 is 15.0 Å². The van der Waals surface area contributed by atoms with Crippen molar-refractivity contribution in [3.05, 3.63) is 0 Å². The lowest BCUT2D eigenvalue weighted by Crippen LogP contribution is -2.40.